The summed E-state index contributed by atoms with van der Waals surface area (Å²) < 4.78 is 2.01. The number of para-hydroxylation sites is 2. The maximum atomic E-state index is 10.2. The van der Waals surface area contributed by atoms with Crippen LogP contribution < -0.4 is 0 Å². The molecule has 2 aromatic carbocycles. The van der Waals surface area contributed by atoms with Gasteiger partial charge in [0.25, 0.3) is 0 Å². The molecule has 0 radical (unpaired) electrons. The van der Waals surface area contributed by atoms with E-state index in [1.165, 1.54) is 0 Å². The number of phenolic OH excluding ortho intramolecular Hbond substituents is 1. The summed E-state index contributed by atoms with van der Waals surface area (Å²) in [6, 6.07) is 17.2. The molecule has 1 aromatic heterocycles. The van der Waals surface area contributed by atoms with Crippen LogP contribution >= 0.6 is 11.8 Å². The molecule has 0 aliphatic heterocycles. The molecule has 3 rings (SSSR count). The predicted molar refractivity (Wildman–Crippen MR) is 94.1 cm³/mol. The van der Waals surface area contributed by atoms with Gasteiger partial charge >= 0.3 is 0 Å². The van der Waals surface area contributed by atoms with Crippen molar-refractivity contribution in [3.63, 3.8) is 0 Å². The number of aromatic hydroxyl groups is 1. The third-order valence-corrected chi connectivity index (χ3v) is 4.54. The van der Waals surface area contributed by atoms with Crippen molar-refractivity contribution in [1.82, 2.24) is 14.8 Å². The van der Waals surface area contributed by atoms with Crippen LogP contribution in [0.1, 0.15) is 19.8 Å². The van der Waals surface area contributed by atoms with Crippen molar-refractivity contribution in [2.75, 3.05) is 5.75 Å². The summed E-state index contributed by atoms with van der Waals surface area (Å²) >= 11 is 1.70. The number of hydrogen-bond donors (Lipinski definition) is 1. The molecule has 0 bridgehead atoms. The van der Waals surface area contributed by atoms with Crippen LogP contribution in [-0.2, 0) is 0 Å². The highest BCUT2D eigenvalue weighted by atomic mass is 32.2. The quantitative estimate of drug-likeness (QED) is 0.534. The molecular formula is C18H19N3OS. The first-order valence-corrected chi connectivity index (χ1v) is 8.72. The number of aromatic nitrogens is 3. The van der Waals surface area contributed by atoms with Gasteiger partial charge in [-0.1, -0.05) is 55.4 Å². The highest BCUT2D eigenvalue weighted by Crippen LogP contribution is 2.32. The van der Waals surface area contributed by atoms with Crippen molar-refractivity contribution in [3.05, 3.63) is 54.6 Å². The van der Waals surface area contributed by atoms with E-state index >= 15 is 0 Å². The molecule has 0 unspecified atom stereocenters. The average Bonchev–Trinajstić information content (AvgIpc) is 3.00. The molecule has 118 valence electrons. The summed E-state index contributed by atoms with van der Waals surface area (Å²) in [6.07, 6.45) is 2.29. The van der Waals surface area contributed by atoms with Crippen molar-refractivity contribution in [2.24, 2.45) is 0 Å². The minimum atomic E-state index is 0.210. The first kappa shape index (κ1) is 15.6. The second-order valence-electron chi connectivity index (χ2n) is 5.20. The normalized spacial score (nSPS) is 10.8. The van der Waals surface area contributed by atoms with Crippen LogP contribution in [0, 0.1) is 0 Å². The molecule has 0 saturated heterocycles. The number of hydrogen-bond acceptors (Lipinski definition) is 4. The fourth-order valence-corrected chi connectivity index (χ4v) is 3.35. The van der Waals surface area contributed by atoms with E-state index in [0.29, 0.717) is 11.4 Å². The second-order valence-corrected chi connectivity index (χ2v) is 6.26. The van der Waals surface area contributed by atoms with E-state index in [0.717, 1.165) is 29.4 Å². The zero-order chi connectivity index (χ0) is 16.1. The van der Waals surface area contributed by atoms with Crippen molar-refractivity contribution >= 4 is 11.8 Å². The Hall–Kier alpha value is -2.27. The van der Waals surface area contributed by atoms with Crippen LogP contribution in [-0.4, -0.2) is 25.6 Å². The molecule has 5 heteroatoms. The van der Waals surface area contributed by atoms with E-state index in [-0.39, 0.29) is 5.75 Å². The van der Waals surface area contributed by atoms with E-state index in [1.54, 1.807) is 23.9 Å². The maximum Gasteiger partial charge on any atom is 0.196 e. The van der Waals surface area contributed by atoms with Crippen LogP contribution in [0.25, 0.3) is 17.1 Å². The first-order chi connectivity index (χ1) is 11.3. The fraction of sp³-hybridized carbons (Fsp3) is 0.222. The van der Waals surface area contributed by atoms with Gasteiger partial charge < -0.3 is 5.11 Å². The van der Waals surface area contributed by atoms with Crippen molar-refractivity contribution < 1.29 is 5.11 Å². The minimum Gasteiger partial charge on any atom is -0.507 e. The number of rotatable bonds is 6. The van der Waals surface area contributed by atoms with E-state index in [4.69, 9.17) is 0 Å². The van der Waals surface area contributed by atoms with E-state index in [1.807, 2.05) is 47.0 Å². The van der Waals surface area contributed by atoms with Gasteiger partial charge in [0.05, 0.1) is 5.56 Å². The van der Waals surface area contributed by atoms with Gasteiger partial charge in [-0.15, -0.1) is 10.2 Å². The monoisotopic (exact) mass is 325 g/mol. The van der Waals surface area contributed by atoms with Gasteiger partial charge in [-0.05, 0) is 30.7 Å². The van der Waals surface area contributed by atoms with Crippen molar-refractivity contribution in [2.45, 2.75) is 24.9 Å². The smallest absolute Gasteiger partial charge is 0.196 e. The largest absolute Gasteiger partial charge is 0.507 e. The zero-order valence-corrected chi connectivity index (χ0v) is 13.8. The summed E-state index contributed by atoms with van der Waals surface area (Å²) in [5.74, 6) is 1.87. The van der Waals surface area contributed by atoms with Crippen LogP contribution in [0.3, 0.4) is 0 Å². The molecule has 0 spiro atoms. The highest BCUT2D eigenvalue weighted by Gasteiger charge is 2.17. The van der Waals surface area contributed by atoms with E-state index in [9.17, 15) is 5.11 Å². The average molecular weight is 325 g/mol. The third-order valence-electron chi connectivity index (χ3n) is 3.52. The van der Waals surface area contributed by atoms with E-state index in [2.05, 4.69) is 17.1 Å². The minimum absolute atomic E-state index is 0.210. The topological polar surface area (TPSA) is 50.9 Å². The van der Waals surface area contributed by atoms with Gasteiger partial charge in [0.2, 0.25) is 0 Å². The molecule has 3 aromatic rings. The summed E-state index contributed by atoms with van der Waals surface area (Å²) in [5, 5.41) is 19.7. The van der Waals surface area contributed by atoms with Crippen LogP contribution in [0.4, 0.5) is 0 Å². The molecule has 0 aliphatic rings. The van der Waals surface area contributed by atoms with Gasteiger partial charge in [0.1, 0.15) is 5.75 Å². The first-order valence-electron chi connectivity index (χ1n) is 7.73. The lowest BCUT2D eigenvalue weighted by Crippen LogP contribution is -2.00. The standard InChI is InChI=1S/C18H19N3OS/c1-2-3-13-23-18-20-19-17(15-11-7-8-12-16(15)22)21(18)14-9-5-4-6-10-14/h4-12,22H,2-3,13H2,1H3. The maximum absolute atomic E-state index is 10.2. The lowest BCUT2D eigenvalue weighted by atomic mass is 10.2. The zero-order valence-electron chi connectivity index (χ0n) is 13.0. The molecule has 0 fully saturated rings. The number of unbranched alkanes of at least 4 members (excludes halogenated alkanes) is 1. The van der Waals surface area contributed by atoms with Gasteiger partial charge in [0.15, 0.2) is 11.0 Å². The Morgan fingerprint density at radius 1 is 1.00 bits per heavy atom. The molecule has 0 atom stereocenters. The van der Waals surface area contributed by atoms with Gasteiger partial charge in [-0.2, -0.15) is 0 Å². The highest BCUT2D eigenvalue weighted by molar-refractivity contribution is 7.99. The molecule has 0 aliphatic carbocycles. The summed E-state index contributed by atoms with van der Waals surface area (Å²) in [5.41, 5.74) is 1.68. The second kappa shape index (κ2) is 7.33. The molecular weight excluding hydrogens is 306 g/mol. The molecule has 23 heavy (non-hydrogen) atoms. The number of phenols is 1. The predicted octanol–water partition coefficient (Wildman–Crippen LogP) is 4.53. The molecule has 0 saturated carbocycles. The summed E-state index contributed by atoms with van der Waals surface area (Å²) in [6.45, 7) is 2.18. The fourth-order valence-electron chi connectivity index (χ4n) is 2.32. The Morgan fingerprint density at radius 3 is 2.48 bits per heavy atom. The Balaban J connectivity index is 2.08. The molecule has 1 N–H and O–H groups in total. The number of benzene rings is 2. The Kier molecular flexibility index (Phi) is 4.98. The number of thioether (sulfide) groups is 1. The van der Waals surface area contributed by atoms with Gasteiger partial charge in [-0.25, -0.2) is 0 Å². The molecule has 4 nitrogen and oxygen atoms in total. The van der Waals surface area contributed by atoms with Crippen molar-refractivity contribution in [1.29, 1.82) is 0 Å². The van der Waals surface area contributed by atoms with Gasteiger partial charge in [-0.3, -0.25) is 4.57 Å². The lowest BCUT2D eigenvalue weighted by molar-refractivity contribution is 0.476. The molecule has 0 amide bonds. The Labute approximate surface area is 140 Å². The Bertz CT molecular complexity index is 771. The van der Waals surface area contributed by atoms with Crippen molar-refractivity contribution in [3.8, 4) is 22.8 Å². The Morgan fingerprint density at radius 2 is 1.74 bits per heavy atom. The summed E-state index contributed by atoms with van der Waals surface area (Å²) in [7, 11) is 0. The SMILES string of the molecule is CCCCSc1nnc(-c2ccccc2O)n1-c1ccccc1. The lowest BCUT2D eigenvalue weighted by Gasteiger charge is -2.11. The van der Waals surface area contributed by atoms with Crippen LogP contribution in [0.2, 0.25) is 0 Å². The van der Waals surface area contributed by atoms with Gasteiger partial charge in [0, 0.05) is 11.4 Å². The molecule has 1 heterocycles. The van der Waals surface area contributed by atoms with Crippen LogP contribution in [0.5, 0.6) is 5.75 Å². The third kappa shape index (κ3) is 3.40. The number of nitrogens with zero attached hydrogens (tertiary/aromatic N) is 3. The summed E-state index contributed by atoms with van der Waals surface area (Å²) in [4.78, 5) is 0. The van der Waals surface area contributed by atoms with E-state index < -0.39 is 0 Å². The van der Waals surface area contributed by atoms with Crippen LogP contribution in [0.15, 0.2) is 59.8 Å².